The van der Waals surface area contributed by atoms with E-state index in [0.717, 1.165) is 29.6 Å². The first-order valence-electron chi connectivity index (χ1n) is 8.14. The zero-order valence-corrected chi connectivity index (χ0v) is 14.9. The maximum Gasteiger partial charge on any atom is 0.286 e. The predicted molar refractivity (Wildman–Crippen MR) is 97.9 cm³/mol. The smallest absolute Gasteiger partial charge is 0.286 e. The number of amides is 2. The molecule has 6 nitrogen and oxygen atoms in total. The zero-order chi connectivity index (χ0) is 17.9. The van der Waals surface area contributed by atoms with Crippen LogP contribution in [0.3, 0.4) is 0 Å². The number of hydrogen-bond acceptors (Lipinski definition) is 5. The van der Waals surface area contributed by atoms with Gasteiger partial charge in [-0.2, -0.15) is 0 Å². The fraction of sp³-hybridized carbons (Fsp3) is 0.333. The summed E-state index contributed by atoms with van der Waals surface area (Å²) in [7, 11) is 2.07. The van der Waals surface area contributed by atoms with E-state index in [2.05, 4.69) is 24.6 Å². The number of carbonyl (C=O) groups excluding carboxylic acids is 2. The van der Waals surface area contributed by atoms with Gasteiger partial charge in [-0.25, -0.2) is 0 Å². The topological polar surface area (TPSA) is 81.4 Å². The molecule has 0 saturated carbocycles. The zero-order valence-electron chi connectivity index (χ0n) is 14.1. The van der Waals surface area contributed by atoms with Crippen molar-refractivity contribution in [3.8, 4) is 5.75 Å². The van der Waals surface area contributed by atoms with Gasteiger partial charge in [0.05, 0.1) is 18.5 Å². The molecule has 3 unspecified atom stereocenters. The largest absolute Gasteiger partial charge is 0.486 e. The van der Waals surface area contributed by atoms with Gasteiger partial charge in [0.25, 0.3) is 5.24 Å². The summed E-state index contributed by atoms with van der Waals surface area (Å²) < 4.78 is 6.42. The second kappa shape index (κ2) is 7.43. The molecule has 0 aromatic heterocycles. The number of nitrogens with two attached hydrogens (primary N) is 1. The molecule has 25 heavy (non-hydrogen) atoms. The molecule has 1 fully saturated rings. The summed E-state index contributed by atoms with van der Waals surface area (Å²) in [6, 6.07) is 7.56. The molecular formula is C18H22N3O3S+. The quantitative estimate of drug-likeness (QED) is 0.756. The highest BCUT2D eigenvalue weighted by Gasteiger charge is 2.31. The molecule has 1 aromatic carbocycles. The lowest BCUT2D eigenvalue weighted by molar-refractivity contribution is -0.880. The van der Waals surface area contributed by atoms with E-state index < -0.39 is 0 Å². The van der Waals surface area contributed by atoms with Crippen molar-refractivity contribution in [2.75, 3.05) is 20.2 Å². The third-order valence-corrected chi connectivity index (χ3v) is 5.44. The van der Waals surface area contributed by atoms with Crippen molar-refractivity contribution in [3.05, 3.63) is 54.3 Å². The molecule has 0 spiro atoms. The van der Waals surface area contributed by atoms with Crippen LogP contribution in [0.1, 0.15) is 5.56 Å². The molecule has 0 bridgehead atoms. The van der Waals surface area contributed by atoms with E-state index in [0.29, 0.717) is 17.5 Å². The fourth-order valence-electron chi connectivity index (χ4n) is 2.74. The van der Waals surface area contributed by atoms with Crippen LogP contribution in [0.25, 0.3) is 0 Å². The Kier molecular flexibility index (Phi) is 5.27. The number of benzene rings is 1. The Bertz CT molecular complexity index is 717. The highest BCUT2D eigenvalue weighted by atomic mass is 32.2. The van der Waals surface area contributed by atoms with Crippen LogP contribution >= 0.6 is 11.8 Å². The molecular weight excluding hydrogens is 338 g/mol. The molecule has 2 aliphatic rings. The lowest BCUT2D eigenvalue weighted by atomic mass is 10.1. The molecule has 2 aliphatic heterocycles. The van der Waals surface area contributed by atoms with Gasteiger partial charge in [0.1, 0.15) is 12.3 Å². The molecule has 2 heterocycles. The maximum atomic E-state index is 11.6. The summed E-state index contributed by atoms with van der Waals surface area (Å²) in [5.74, 6) is 0.517. The minimum absolute atomic E-state index is 0.162. The number of allylic oxidation sites excluding steroid dienone is 2. The van der Waals surface area contributed by atoms with E-state index in [1.165, 1.54) is 0 Å². The first kappa shape index (κ1) is 17.7. The van der Waals surface area contributed by atoms with Gasteiger partial charge < -0.3 is 4.74 Å². The molecule has 0 radical (unpaired) electrons. The fourth-order valence-corrected chi connectivity index (χ4v) is 3.59. The Balaban J connectivity index is 1.52. The molecule has 3 atom stereocenters. The van der Waals surface area contributed by atoms with Crippen molar-refractivity contribution in [3.63, 3.8) is 0 Å². The number of carbonyl (C=O) groups is 2. The van der Waals surface area contributed by atoms with E-state index in [9.17, 15) is 9.59 Å². The van der Waals surface area contributed by atoms with E-state index in [1.807, 2.05) is 36.4 Å². The minimum atomic E-state index is -0.351. The van der Waals surface area contributed by atoms with Crippen LogP contribution in [0.4, 0.5) is 4.79 Å². The molecule has 1 saturated heterocycles. The van der Waals surface area contributed by atoms with Crippen LogP contribution in [0.15, 0.2) is 48.7 Å². The Morgan fingerprint density at radius 2 is 2.08 bits per heavy atom. The normalized spacial score (nSPS) is 26.6. The van der Waals surface area contributed by atoms with Gasteiger partial charge in [-0.15, -0.1) is 0 Å². The summed E-state index contributed by atoms with van der Waals surface area (Å²) in [4.78, 5) is 22.8. The van der Waals surface area contributed by atoms with Gasteiger partial charge in [-0.05, 0) is 36.3 Å². The summed E-state index contributed by atoms with van der Waals surface area (Å²) in [5.41, 5.74) is 7.27. The number of rotatable bonds is 6. The first-order valence-corrected chi connectivity index (χ1v) is 9.02. The Hall–Kier alpha value is -2.09. The number of ether oxygens (including phenoxy) is 1. The number of thioether (sulfide) groups is 1. The van der Waals surface area contributed by atoms with Crippen molar-refractivity contribution < 1.29 is 18.8 Å². The van der Waals surface area contributed by atoms with E-state index in [4.69, 9.17) is 10.5 Å². The van der Waals surface area contributed by atoms with Gasteiger partial charge >= 0.3 is 0 Å². The van der Waals surface area contributed by atoms with Crippen LogP contribution in [-0.2, 0) is 11.2 Å². The molecule has 3 N–H and O–H groups in total. The average molecular weight is 360 g/mol. The van der Waals surface area contributed by atoms with Crippen LogP contribution in [-0.4, -0.2) is 47.2 Å². The van der Waals surface area contributed by atoms with Gasteiger partial charge in [0, 0.05) is 0 Å². The maximum absolute atomic E-state index is 11.6. The first-order chi connectivity index (χ1) is 12.0. The third kappa shape index (κ3) is 4.31. The predicted octanol–water partition coefficient (Wildman–Crippen LogP) is 1.77. The van der Waals surface area contributed by atoms with Crippen LogP contribution in [0, 0.1) is 0 Å². The average Bonchev–Trinajstić information content (AvgIpc) is 2.92. The highest BCUT2D eigenvalue weighted by molar-refractivity contribution is 8.15. The molecule has 1 aromatic rings. The van der Waals surface area contributed by atoms with E-state index in [1.54, 1.807) is 0 Å². The lowest BCUT2D eigenvalue weighted by Gasteiger charge is -2.35. The number of nitrogens with zero attached hydrogens (tertiary/aromatic N) is 1. The summed E-state index contributed by atoms with van der Waals surface area (Å²) in [5, 5.41) is 1.67. The van der Waals surface area contributed by atoms with Gasteiger partial charge in [-0.1, -0.05) is 30.0 Å². The summed E-state index contributed by atoms with van der Waals surface area (Å²) in [6.07, 6.45) is 8.54. The number of quaternary nitrogens is 1. The second-order valence-corrected chi connectivity index (χ2v) is 7.58. The standard InChI is InChI=1S/C18H21N3O3S/c1-21(9-3-2-4-10-21)16(19)12-24-14-7-5-13(6-8-14)11-15-17(22)20-18(23)25-15/h2-9,15-16H,10-12,19H2,1H3/p+1. The van der Waals surface area contributed by atoms with Crippen molar-refractivity contribution in [1.29, 1.82) is 0 Å². The van der Waals surface area contributed by atoms with Crippen molar-refractivity contribution >= 4 is 22.9 Å². The summed E-state index contributed by atoms with van der Waals surface area (Å²) >= 11 is 1.04. The third-order valence-electron chi connectivity index (χ3n) is 4.46. The SMILES string of the molecule is C[N+]1(C(N)COc2ccc(CC3SC(=O)NC3=O)cc2)C=CC=CC1. The van der Waals surface area contributed by atoms with Crippen LogP contribution in [0.5, 0.6) is 5.75 Å². The van der Waals surface area contributed by atoms with E-state index in [-0.39, 0.29) is 22.6 Å². The number of hydrogen-bond donors (Lipinski definition) is 2. The van der Waals surface area contributed by atoms with Gasteiger partial charge in [0.2, 0.25) is 5.91 Å². The number of nitrogens with one attached hydrogen (secondary N) is 1. The van der Waals surface area contributed by atoms with Crippen LogP contribution in [0.2, 0.25) is 0 Å². The van der Waals surface area contributed by atoms with Crippen LogP contribution < -0.4 is 15.8 Å². The monoisotopic (exact) mass is 360 g/mol. The Morgan fingerprint density at radius 3 is 2.68 bits per heavy atom. The van der Waals surface area contributed by atoms with Crippen molar-refractivity contribution in [1.82, 2.24) is 5.32 Å². The summed E-state index contributed by atoms with van der Waals surface area (Å²) in [6.45, 7) is 1.25. The van der Waals surface area contributed by atoms with Crippen molar-refractivity contribution in [2.24, 2.45) is 5.73 Å². The molecule has 0 aliphatic carbocycles. The number of imide groups is 1. The molecule has 2 amide bonds. The molecule has 132 valence electrons. The minimum Gasteiger partial charge on any atom is -0.486 e. The molecule has 7 heteroatoms. The molecule has 3 rings (SSSR count). The van der Waals surface area contributed by atoms with Gasteiger partial charge in [0.15, 0.2) is 12.8 Å². The Labute approximate surface area is 151 Å². The Morgan fingerprint density at radius 1 is 1.32 bits per heavy atom. The highest BCUT2D eigenvalue weighted by Crippen LogP contribution is 2.24. The van der Waals surface area contributed by atoms with E-state index >= 15 is 0 Å². The lowest BCUT2D eigenvalue weighted by Crippen LogP contribution is -2.56. The number of likely N-dealkylation sites (N-methyl/N-ethyl adjacent to an activating group) is 1. The van der Waals surface area contributed by atoms with Crippen molar-refractivity contribution in [2.45, 2.75) is 17.8 Å². The second-order valence-electron chi connectivity index (χ2n) is 6.41. The van der Waals surface area contributed by atoms with Gasteiger partial charge in [-0.3, -0.25) is 25.1 Å².